The summed E-state index contributed by atoms with van der Waals surface area (Å²) in [4.78, 5) is 0.741. The van der Waals surface area contributed by atoms with Crippen LogP contribution in [0.1, 0.15) is 11.3 Å². The molecule has 62 valence electrons. The van der Waals surface area contributed by atoms with Gasteiger partial charge in [-0.15, -0.1) is 0 Å². The third kappa shape index (κ3) is 0.779. The summed E-state index contributed by atoms with van der Waals surface area (Å²) in [6.45, 7) is 3.73. The molecule has 0 N–H and O–H groups in total. The van der Waals surface area contributed by atoms with Crippen LogP contribution in [0.4, 0.5) is 4.48 Å². The first-order valence-corrected chi connectivity index (χ1v) is 3.94. The standard InChI is InChI=1S/C10H10FN/c1-7-8(2)12(11)10-6-4-3-5-9(7)10/h3-6H,1-2H3. The Hall–Kier alpha value is -1.31. The quantitative estimate of drug-likeness (QED) is 0.562. The van der Waals surface area contributed by atoms with Gasteiger partial charge in [-0.05, 0) is 25.5 Å². The number of halogens is 1. The van der Waals surface area contributed by atoms with E-state index in [1.54, 1.807) is 13.0 Å². The smallest absolute Gasteiger partial charge is 0.0818 e. The highest BCUT2D eigenvalue weighted by Crippen LogP contribution is 2.24. The van der Waals surface area contributed by atoms with Gasteiger partial charge in [-0.1, -0.05) is 22.7 Å². The van der Waals surface area contributed by atoms with Gasteiger partial charge in [0.2, 0.25) is 0 Å². The molecule has 1 heterocycles. The molecular formula is C10H10FN. The van der Waals surface area contributed by atoms with Gasteiger partial charge in [0, 0.05) is 5.39 Å². The molecule has 0 atom stereocenters. The average molecular weight is 163 g/mol. The largest absolute Gasteiger partial charge is 0.183 e. The lowest BCUT2D eigenvalue weighted by molar-refractivity contribution is 0.377. The first kappa shape index (κ1) is 7.35. The van der Waals surface area contributed by atoms with Crippen LogP contribution >= 0.6 is 0 Å². The van der Waals surface area contributed by atoms with Crippen LogP contribution < -0.4 is 0 Å². The van der Waals surface area contributed by atoms with Crippen LogP contribution in [0.25, 0.3) is 10.9 Å². The number of hydrogen-bond donors (Lipinski definition) is 0. The topological polar surface area (TPSA) is 4.93 Å². The Labute approximate surface area is 70.4 Å². The Bertz CT molecular complexity index is 390. The van der Waals surface area contributed by atoms with Crippen LogP contribution in [0.3, 0.4) is 0 Å². The van der Waals surface area contributed by atoms with Crippen molar-refractivity contribution >= 4 is 10.9 Å². The van der Waals surface area contributed by atoms with Gasteiger partial charge in [0.05, 0.1) is 11.2 Å². The number of hydrogen-bond acceptors (Lipinski definition) is 0. The summed E-state index contributed by atoms with van der Waals surface area (Å²) < 4.78 is 13.3. The molecule has 0 radical (unpaired) electrons. The highest BCUT2D eigenvalue weighted by Gasteiger charge is 2.08. The molecule has 0 saturated carbocycles. The van der Waals surface area contributed by atoms with E-state index >= 15 is 0 Å². The normalized spacial score (nSPS) is 10.9. The second kappa shape index (κ2) is 2.34. The first-order valence-electron chi connectivity index (χ1n) is 3.94. The van der Waals surface area contributed by atoms with Crippen molar-refractivity contribution in [3.63, 3.8) is 0 Å². The van der Waals surface area contributed by atoms with Crippen molar-refractivity contribution in [2.75, 3.05) is 0 Å². The lowest BCUT2D eigenvalue weighted by atomic mass is 10.2. The van der Waals surface area contributed by atoms with Gasteiger partial charge >= 0.3 is 0 Å². The number of aryl methyl sites for hydroxylation is 1. The molecule has 1 aromatic heterocycles. The second-order valence-electron chi connectivity index (χ2n) is 3.01. The summed E-state index contributed by atoms with van der Waals surface area (Å²) in [6.07, 6.45) is 0. The van der Waals surface area contributed by atoms with Crippen LogP contribution in [-0.4, -0.2) is 4.79 Å². The van der Waals surface area contributed by atoms with E-state index in [2.05, 4.69) is 0 Å². The fourth-order valence-corrected chi connectivity index (χ4v) is 1.48. The molecule has 0 spiro atoms. The lowest BCUT2D eigenvalue weighted by Gasteiger charge is -1.90. The molecule has 2 aromatic rings. The van der Waals surface area contributed by atoms with Gasteiger partial charge in [-0.25, -0.2) is 0 Å². The van der Waals surface area contributed by atoms with E-state index in [0.29, 0.717) is 11.2 Å². The Morgan fingerprint density at radius 3 is 2.50 bits per heavy atom. The predicted molar refractivity (Wildman–Crippen MR) is 47.9 cm³/mol. The molecule has 1 aromatic carbocycles. The number of fused-ring (bicyclic) bond motifs is 1. The van der Waals surface area contributed by atoms with Gasteiger partial charge in [-0.2, -0.15) is 4.79 Å². The molecule has 2 heteroatoms. The minimum atomic E-state index is 0.660. The fraction of sp³-hybridized carbons (Fsp3) is 0.200. The molecule has 2 rings (SSSR count). The Kier molecular flexibility index (Phi) is 1.43. The molecule has 0 aliphatic rings. The summed E-state index contributed by atoms with van der Waals surface area (Å²) in [5.41, 5.74) is 2.37. The Morgan fingerprint density at radius 2 is 1.83 bits per heavy atom. The molecule has 0 saturated heterocycles. The third-order valence-electron chi connectivity index (χ3n) is 2.36. The number of rotatable bonds is 0. The zero-order valence-electron chi connectivity index (χ0n) is 7.13. The monoisotopic (exact) mass is 163 g/mol. The molecule has 0 aliphatic heterocycles. The van der Waals surface area contributed by atoms with Gasteiger partial charge < -0.3 is 0 Å². The van der Waals surface area contributed by atoms with E-state index in [-0.39, 0.29) is 0 Å². The van der Waals surface area contributed by atoms with Gasteiger partial charge in [0.1, 0.15) is 0 Å². The molecular weight excluding hydrogens is 153 g/mol. The summed E-state index contributed by atoms with van der Waals surface area (Å²) in [7, 11) is 0. The van der Waals surface area contributed by atoms with Crippen molar-refractivity contribution < 1.29 is 4.48 Å². The number of nitrogens with zero attached hydrogens (tertiary/aromatic N) is 1. The molecule has 1 nitrogen and oxygen atoms in total. The highest BCUT2D eigenvalue weighted by atomic mass is 19.2. The van der Waals surface area contributed by atoms with Crippen molar-refractivity contribution in [1.29, 1.82) is 0 Å². The first-order chi connectivity index (χ1) is 5.72. The van der Waals surface area contributed by atoms with Gasteiger partial charge in [-0.3, -0.25) is 0 Å². The maximum Gasteiger partial charge on any atom is 0.0818 e. The minimum Gasteiger partial charge on any atom is -0.183 e. The van der Waals surface area contributed by atoms with Crippen molar-refractivity contribution in [1.82, 2.24) is 4.79 Å². The van der Waals surface area contributed by atoms with E-state index in [1.165, 1.54) is 0 Å². The van der Waals surface area contributed by atoms with Crippen LogP contribution in [0.15, 0.2) is 24.3 Å². The predicted octanol–water partition coefficient (Wildman–Crippen LogP) is 2.99. The van der Waals surface area contributed by atoms with Crippen LogP contribution in [-0.2, 0) is 0 Å². The maximum absolute atomic E-state index is 13.3. The molecule has 12 heavy (non-hydrogen) atoms. The van der Waals surface area contributed by atoms with E-state index in [4.69, 9.17) is 0 Å². The average Bonchev–Trinajstić information content (AvgIpc) is 2.33. The third-order valence-corrected chi connectivity index (χ3v) is 2.36. The van der Waals surface area contributed by atoms with E-state index in [9.17, 15) is 4.48 Å². The number of para-hydroxylation sites is 1. The Morgan fingerprint density at radius 1 is 1.17 bits per heavy atom. The van der Waals surface area contributed by atoms with Crippen LogP contribution in [0.5, 0.6) is 0 Å². The highest BCUT2D eigenvalue weighted by molar-refractivity contribution is 5.84. The zero-order valence-corrected chi connectivity index (χ0v) is 7.13. The molecule has 0 aliphatic carbocycles. The second-order valence-corrected chi connectivity index (χ2v) is 3.01. The number of aromatic nitrogens is 1. The van der Waals surface area contributed by atoms with Gasteiger partial charge in [0.15, 0.2) is 0 Å². The van der Waals surface area contributed by atoms with Crippen molar-refractivity contribution in [2.24, 2.45) is 0 Å². The minimum absolute atomic E-state index is 0.660. The molecule has 0 fully saturated rings. The lowest BCUT2D eigenvalue weighted by Crippen LogP contribution is -1.83. The molecule has 0 unspecified atom stereocenters. The van der Waals surface area contributed by atoms with Crippen molar-refractivity contribution in [3.05, 3.63) is 35.5 Å². The molecule has 0 bridgehead atoms. The zero-order chi connectivity index (χ0) is 8.72. The summed E-state index contributed by atoms with van der Waals surface area (Å²) >= 11 is 0. The van der Waals surface area contributed by atoms with E-state index < -0.39 is 0 Å². The maximum atomic E-state index is 13.3. The summed E-state index contributed by atoms with van der Waals surface area (Å²) in [6, 6.07) is 7.50. The van der Waals surface area contributed by atoms with E-state index in [0.717, 1.165) is 15.7 Å². The summed E-state index contributed by atoms with van der Waals surface area (Å²) in [5.74, 6) is 0. The Balaban J connectivity index is 2.99. The van der Waals surface area contributed by atoms with Crippen molar-refractivity contribution in [2.45, 2.75) is 13.8 Å². The SMILES string of the molecule is Cc1c(C)n(F)c2ccccc12. The van der Waals surface area contributed by atoms with E-state index in [1.807, 2.05) is 25.1 Å². The number of benzene rings is 1. The van der Waals surface area contributed by atoms with Crippen LogP contribution in [0, 0.1) is 13.8 Å². The fourth-order valence-electron chi connectivity index (χ4n) is 1.48. The van der Waals surface area contributed by atoms with Crippen LogP contribution in [0.2, 0.25) is 0 Å². The van der Waals surface area contributed by atoms with Gasteiger partial charge in [0.25, 0.3) is 0 Å². The molecule has 0 amide bonds. The van der Waals surface area contributed by atoms with Crippen molar-refractivity contribution in [3.8, 4) is 0 Å². The summed E-state index contributed by atoms with van der Waals surface area (Å²) in [5, 5.41) is 0.998.